The molecule has 0 aliphatic carbocycles. The number of anilines is 1. The van der Waals surface area contributed by atoms with E-state index in [1.165, 1.54) is 12.1 Å². The molecular weight excluding hydrogens is 341 g/mol. The first-order chi connectivity index (χ1) is 13.2. The van der Waals surface area contributed by atoms with Crippen LogP contribution in [-0.2, 0) is 24.2 Å². The van der Waals surface area contributed by atoms with Gasteiger partial charge in [0.15, 0.2) is 0 Å². The predicted octanol–water partition coefficient (Wildman–Crippen LogP) is 4.46. The summed E-state index contributed by atoms with van der Waals surface area (Å²) in [4.78, 5) is 10.7. The fraction of sp³-hybridized carbons (Fsp3) is 0.174. The Hall–Kier alpha value is -2.98. The number of halogens is 1. The quantitative estimate of drug-likeness (QED) is 0.581. The Bertz CT molecular complexity index is 893. The van der Waals surface area contributed by atoms with Crippen LogP contribution >= 0.6 is 0 Å². The average Bonchev–Trinajstić information content (AvgIpc) is 2.70. The third-order valence-electron chi connectivity index (χ3n) is 4.64. The number of aliphatic hydroxyl groups is 1. The van der Waals surface area contributed by atoms with Crippen molar-refractivity contribution in [2.24, 2.45) is 0 Å². The van der Waals surface area contributed by atoms with E-state index in [0.717, 1.165) is 40.8 Å². The van der Waals surface area contributed by atoms with Crippen molar-refractivity contribution in [2.45, 2.75) is 25.4 Å². The van der Waals surface area contributed by atoms with E-state index in [-0.39, 0.29) is 18.3 Å². The molecule has 0 aliphatic heterocycles. The highest BCUT2D eigenvalue weighted by Crippen LogP contribution is 2.27. The summed E-state index contributed by atoms with van der Waals surface area (Å²) in [5, 5.41) is 12.1. The number of hydrogen-bond acceptors (Lipinski definition) is 2. The van der Waals surface area contributed by atoms with Crippen molar-refractivity contribution in [3.8, 4) is 0 Å². The number of benzene rings is 3. The van der Waals surface area contributed by atoms with Crippen LogP contribution in [0.25, 0.3) is 0 Å². The predicted molar refractivity (Wildman–Crippen MR) is 105 cm³/mol. The molecule has 0 radical (unpaired) electrons. The van der Waals surface area contributed by atoms with Crippen LogP contribution in [0.5, 0.6) is 0 Å². The highest BCUT2D eigenvalue weighted by atomic mass is 19.1. The summed E-state index contributed by atoms with van der Waals surface area (Å²) in [5.41, 5.74) is 4.90. The van der Waals surface area contributed by atoms with Gasteiger partial charge in [0.1, 0.15) is 5.82 Å². The fourth-order valence-electron chi connectivity index (χ4n) is 3.30. The lowest BCUT2D eigenvalue weighted by Crippen LogP contribution is -2.08. The third-order valence-corrected chi connectivity index (χ3v) is 4.64. The van der Waals surface area contributed by atoms with E-state index >= 15 is 0 Å². The number of carbonyl (C=O) groups excluding carboxylic acids is 1. The van der Waals surface area contributed by atoms with Gasteiger partial charge in [-0.3, -0.25) is 4.79 Å². The first-order valence-electron chi connectivity index (χ1n) is 8.91. The van der Waals surface area contributed by atoms with Gasteiger partial charge >= 0.3 is 0 Å². The number of nitrogens with one attached hydrogen (secondary N) is 1. The molecule has 0 heterocycles. The van der Waals surface area contributed by atoms with Crippen molar-refractivity contribution in [1.29, 1.82) is 0 Å². The standard InChI is InChI=1S/C23H22FNO2/c24-22-9-7-17(8-10-22)11-21(20-5-1-4-19(13-20)15-26)12-18-3-2-6-23(14-18)25-16-27/h1-10,13-14,16,21,26H,11-12,15H2,(H,25,27). The Kier molecular flexibility index (Phi) is 6.34. The summed E-state index contributed by atoms with van der Waals surface area (Å²) in [6.07, 6.45) is 2.18. The van der Waals surface area contributed by atoms with Gasteiger partial charge in [-0.05, 0) is 65.3 Å². The number of aliphatic hydroxyl groups excluding tert-OH is 1. The van der Waals surface area contributed by atoms with Crippen LogP contribution in [-0.4, -0.2) is 11.5 Å². The second-order valence-electron chi connectivity index (χ2n) is 6.60. The first kappa shape index (κ1) is 18.8. The topological polar surface area (TPSA) is 49.3 Å². The van der Waals surface area contributed by atoms with Gasteiger partial charge in [-0.1, -0.05) is 48.5 Å². The van der Waals surface area contributed by atoms with Gasteiger partial charge in [-0.15, -0.1) is 0 Å². The summed E-state index contributed by atoms with van der Waals surface area (Å²) in [6, 6.07) is 22.2. The minimum atomic E-state index is -0.245. The molecule has 138 valence electrons. The first-order valence-corrected chi connectivity index (χ1v) is 8.91. The van der Waals surface area contributed by atoms with Gasteiger partial charge in [-0.2, -0.15) is 0 Å². The molecule has 3 nitrogen and oxygen atoms in total. The Morgan fingerprint density at radius 3 is 2.33 bits per heavy atom. The maximum Gasteiger partial charge on any atom is 0.211 e. The third kappa shape index (κ3) is 5.25. The van der Waals surface area contributed by atoms with Crippen LogP contribution in [0.2, 0.25) is 0 Å². The fourth-order valence-corrected chi connectivity index (χ4v) is 3.30. The van der Waals surface area contributed by atoms with Crippen LogP contribution in [0.15, 0.2) is 72.8 Å². The second kappa shape index (κ2) is 9.10. The van der Waals surface area contributed by atoms with Crippen LogP contribution in [0.3, 0.4) is 0 Å². The molecule has 0 bridgehead atoms. The van der Waals surface area contributed by atoms with Gasteiger partial charge in [0.2, 0.25) is 6.41 Å². The van der Waals surface area contributed by atoms with Crippen molar-refractivity contribution in [3.63, 3.8) is 0 Å². The molecule has 0 saturated heterocycles. The van der Waals surface area contributed by atoms with Crippen molar-refractivity contribution < 1.29 is 14.3 Å². The number of rotatable bonds is 8. The SMILES string of the molecule is O=CNc1cccc(CC(Cc2ccc(F)cc2)c2cccc(CO)c2)c1. The summed E-state index contributed by atoms with van der Waals surface area (Å²) < 4.78 is 13.2. The van der Waals surface area contributed by atoms with E-state index in [9.17, 15) is 14.3 Å². The summed E-state index contributed by atoms with van der Waals surface area (Å²) in [5.74, 6) is -0.0846. The minimum Gasteiger partial charge on any atom is -0.392 e. The van der Waals surface area contributed by atoms with Gasteiger partial charge in [0, 0.05) is 5.69 Å². The van der Waals surface area contributed by atoms with E-state index < -0.39 is 0 Å². The largest absolute Gasteiger partial charge is 0.392 e. The van der Waals surface area contributed by atoms with Crippen molar-refractivity contribution in [3.05, 3.63) is 101 Å². The second-order valence-corrected chi connectivity index (χ2v) is 6.60. The van der Waals surface area contributed by atoms with Gasteiger partial charge < -0.3 is 10.4 Å². The maximum absolute atomic E-state index is 13.2. The van der Waals surface area contributed by atoms with Crippen molar-refractivity contribution >= 4 is 12.1 Å². The molecule has 1 unspecified atom stereocenters. The van der Waals surface area contributed by atoms with E-state index in [1.54, 1.807) is 0 Å². The Morgan fingerprint density at radius 1 is 0.889 bits per heavy atom. The molecule has 1 atom stereocenters. The lowest BCUT2D eigenvalue weighted by molar-refractivity contribution is -0.105. The summed E-state index contributed by atoms with van der Waals surface area (Å²) in [7, 11) is 0. The highest BCUT2D eigenvalue weighted by molar-refractivity contribution is 5.71. The molecule has 3 aromatic rings. The molecule has 3 aromatic carbocycles. The van der Waals surface area contributed by atoms with Crippen LogP contribution in [0.1, 0.15) is 28.2 Å². The molecule has 3 rings (SSSR count). The number of carbonyl (C=O) groups is 1. The van der Waals surface area contributed by atoms with E-state index in [1.807, 2.05) is 54.6 Å². The molecule has 0 aliphatic rings. The number of amides is 1. The van der Waals surface area contributed by atoms with Crippen LogP contribution in [0, 0.1) is 5.82 Å². The number of hydrogen-bond donors (Lipinski definition) is 2. The zero-order chi connectivity index (χ0) is 19.1. The van der Waals surface area contributed by atoms with Gasteiger partial charge in [-0.25, -0.2) is 4.39 Å². The average molecular weight is 363 g/mol. The van der Waals surface area contributed by atoms with E-state index in [0.29, 0.717) is 6.41 Å². The monoisotopic (exact) mass is 363 g/mol. The Balaban J connectivity index is 1.89. The molecule has 4 heteroatoms. The minimum absolute atomic E-state index is 0.00412. The summed E-state index contributed by atoms with van der Waals surface area (Å²) >= 11 is 0. The van der Waals surface area contributed by atoms with Crippen molar-refractivity contribution in [2.75, 3.05) is 5.32 Å². The summed E-state index contributed by atoms with van der Waals surface area (Å²) in [6.45, 7) is -0.00412. The van der Waals surface area contributed by atoms with E-state index in [4.69, 9.17) is 0 Å². The molecule has 2 N–H and O–H groups in total. The van der Waals surface area contributed by atoms with Crippen LogP contribution < -0.4 is 5.32 Å². The molecule has 27 heavy (non-hydrogen) atoms. The molecule has 0 spiro atoms. The lowest BCUT2D eigenvalue weighted by Gasteiger charge is -2.19. The molecule has 0 fully saturated rings. The Morgan fingerprint density at radius 2 is 1.59 bits per heavy atom. The maximum atomic E-state index is 13.2. The molecule has 1 amide bonds. The molecule has 0 saturated carbocycles. The van der Waals surface area contributed by atoms with E-state index in [2.05, 4.69) is 11.4 Å². The normalized spacial score (nSPS) is 11.8. The zero-order valence-electron chi connectivity index (χ0n) is 14.9. The molecule has 0 aromatic heterocycles. The van der Waals surface area contributed by atoms with Gasteiger partial charge in [0.25, 0.3) is 0 Å². The zero-order valence-corrected chi connectivity index (χ0v) is 14.9. The smallest absolute Gasteiger partial charge is 0.211 e. The Labute approximate surface area is 158 Å². The lowest BCUT2D eigenvalue weighted by atomic mass is 9.86. The molecular formula is C23H22FNO2. The van der Waals surface area contributed by atoms with Crippen molar-refractivity contribution in [1.82, 2.24) is 0 Å². The van der Waals surface area contributed by atoms with Gasteiger partial charge in [0.05, 0.1) is 6.61 Å². The highest BCUT2D eigenvalue weighted by Gasteiger charge is 2.15. The van der Waals surface area contributed by atoms with Crippen LogP contribution in [0.4, 0.5) is 10.1 Å².